The van der Waals surface area contributed by atoms with Crippen molar-refractivity contribution < 1.29 is 23.0 Å². The summed E-state index contributed by atoms with van der Waals surface area (Å²) in [7, 11) is 0. The highest BCUT2D eigenvalue weighted by Crippen LogP contribution is 2.47. The fraction of sp³-hybridized carbons (Fsp3) is 0.370. The van der Waals surface area contributed by atoms with Crippen molar-refractivity contribution in [2.75, 3.05) is 6.61 Å². The first-order valence-corrected chi connectivity index (χ1v) is 11.7. The second-order valence-electron chi connectivity index (χ2n) is 10.2. The Balaban J connectivity index is 1.54. The predicted octanol–water partition coefficient (Wildman–Crippen LogP) is 5.47. The molecule has 1 unspecified atom stereocenters. The minimum Gasteiger partial charge on any atom is -0.493 e. The maximum Gasteiger partial charge on any atom is 0.417 e. The number of aromatic nitrogens is 4. The standard InChI is InChI=1S/C27H27F3N4O2/c1-16-21-10-20(34-23(21)4-6-33-16)11-26(35,27(28,29)30)14-25(2,3)22-9-18(19-12-31-15-32-13-19)8-17-5-7-36-24(17)22/h4,6,8-10,12-13,15,34-35H,5,7,11,14H2,1-3H3. The van der Waals surface area contributed by atoms with Crippen molar-refractivity contribution in [2.45, 2.75) is 57.2 Å². The van der Waals surface area contributed by atoms with Gasteiger partial charge in [-0.3, -0.25) is 4.98 Å². The van der Waals surface area contributed by atoms with Gasteiger partial charge in [0.05, 0.1) is 6.61 Å². The van der Waals surface area contributed by atoms with Gasteiger partial charge in [0, 0.05) is 64.8 Å². The molecule has 1 aliphatic heterocycles. The molecule has 0 amide bonds. The van der Waals surface area contributed by atoms with E-state index < -0.39 is 30.0 Å². The summed E-state index contributed by atoms with van der Waals surface area (Å²) < 4.78 is 49.3. The molecule has 0 radical (unpaired) electrons. The highest BCUT2D eigenvalue weighted by Gasteiger charge is 2.56. The van der Waals surface area contributed by atoms with E-state index in [4.69, 9.17) is 4.74 Å². The lowest BCUT2D eigenvalue weighted by atomic mass is 9.72. The first kappa shape index (κ1) is 24.2. The molecule has 2 N–H and O–H groups in total. The smallest absolute Gasteiger partial charge is 0.417 e. The van der Waals surface area contributed by atoms with Crippen LogP contribution in [0.15, 0.2) is 49.2 Å². The molecule has 0 saturated heterocycles. The molecule has 4 heterocycles. The predicted molar refractivity (Wildman–Crippen MR) is 130 cm³/mol. The maximum absolute atomic E-state index is 14.5. The highest BCUT2D eigenvalue weighted by atomic mass is 19.4. The minimum atomic E-state index is -4.86. The highest BCUT2D eigenvalue weighted by molar-refractivity contribution is 5.82. The number of aromatic amines is 1. The first-order chi connectivity index (χ1) is 17.0. The number of hydrogen-bond acceptors (Lipinski definition) is 5. The number of aliphatic hydroxyl groups is 1. The molecule has 3 aromatic heterocycles. The number of nitrogens with zero attached hydrogens (tertiary/aromatic N) is 3. The topological polar surface area (TPSA) is 83.9 Å². The molecule has 0 fully saturated rings. The zero-order chi connectivity index (χ0) is 25.7. The van der Waals surface area contributed by atoms with E-state index in [1.54, 1.807) is 51.5 Å². The van der Waals surface area contributed by atoms with E-state index >= 15 is 0 Å². The van der Waals surface area contributed by atoms with E-state index in [-0.39, 0.29) is 0 Å². The van der Waals surface area contributed by atoms with Crippen LogP contribution >= 0.6 is 0 Å². The number of H-pyrrole nitrogens is 1. The fourth-order valence-electron chi connectivity index (χ4n) is 5.18. The summed E-state index contributed by atoms with van der Waals surface area (Å²) in [4.78, 5) is 15.4. The average Bonchev–Trinajstić information content (AvgIpc) is 3.45. The van der Waals surface area contributed by atoms with E-state index in [0.29, 0.717) is 41.2 Å². The minimum absolute atomic E-state index is 0.299. The molecule has 0 aliphatic carbocycles. The Labute approximate surface area is 206 Å². The van der Waals surface area contributed by atoms with Gasteiger partial charge in [0.25, 0.3) is 0 Å². The van der Waals surface area contributed by atoms with Gasteiger partial charge in [-0.25, -0.2) is 9.97 Å². The lowest BCUT2D eigenvalue weighted by molar-refractivity contribution is -0.266. The molecule has 188 valence electrons. The van der Waals surface area contributed by atoms with Crippen molar-refractivity contribution in [3.05, 3.63) is 71.7 Å². The molecule has 0 bridgehead atoms. The summed E-state index contributed by atoms with van der Waals surface area (Å²) in [5.41, 5.74) is 0.752. The number of ether oxygens (including phenoxy) is 1. The Kier molecular flexibility index (Phi) is 5.78. The molecule has 1 aliphatic rings. The molecule has 36 heavy (non-hydrogen) atoms. The quantitative estimate of drug-likeness (QED) is 0.370. The van der Waals surface area contributed by atoms with Crippen molar-refractivity contribution in [3.63, 3.8) is 0 Å². The number of nitrogens with one attached hydrogen (secondary N) is 1. The second-order valence-corrected chi connectivity index (χ2v) is 10.2. The Hall–Kier alpha value is -3.46. The van der Waals surface area contributed by atoms with E-state index in [0.717, 1.165) is 22.1 Å². The second kappa shape index (κ2) is 8.58. The molecule has 1 atom stereocenters. The van der Waals surface area contributed by atoms with Crippen LogP contribution in [0.4, 0.5) is 13.2 Å². The van der Waals surface area contributed by atoms with Gasteiger partial charge in [0.1, 0.15) is 12.1 Å². The Morgan fingerprint density at radius 3 is 2.53 bits per heavy atom. The Morgan fingerprint density at radius 2 is 1.83 bits per heavy atom. The molecular weight excluding hydrogens is 469 g/mol. The van der Waals surface area contributed by atoms with Crippen LogP contribution in [0.1, 0.15) is 42.8 Å². The monoisotopic (exact) mass is 496 g/mol. The van der Waals surface area contributed by atoms with Gasteiger partial charge >= 0.3 is 6.18 Å². The SMILES string of the molecule is Cc1nccc2[nH]c(CC(O)(CC(C)(C)c3cc(-c4cncnc4)cc4c3OCC4)C(F)(F)F)cc12. The van der Waals surface area contributed by atoms with Crippen LogP contribution in [0.2, 0.25) is 0 Å². The number of fused-ring (bicyclic) bond motifs is 2. The zero-order valence-electron chi connectivity index (χ0n) is 20.3. The van der Waals surface area contributed by atoms with Crippen LogP contribution in [0.25, 0.3) is 22.0 Å². The van der Waals surface area contributed by atoms with Crippen molar-refractivity contribution >= 4 is 10.9 Å². The van der Waals surface area contributed by atoms with E-state index in [1.807, 2.05) is 12.1 Å². The molecular formula is C27H27F3N4O2. The third-order valence-electron chi connectivity index (χ3n) is 6.95. The van der Waals surface area contributed by atoms with Crippen molar-refractivity contribution in [1.82, 2.24) is 19.9 Å². The van der Waals surface area contributed by atoms with Crippen LogP contribution in [-0.2, 0) is 18.3 Å². The van der Waals surface area contributed by atoms with Crippen LogP contribution in [0.3, 0.4) is 0 Å². The summed E-state index contributed by atoms with van der Waals surface area (Å²) in [6.45, 7) is 5.68. The molecule has 0 spiro atoms. The molecule has 6 nitrogen and oxygen atoms in total. The third-order valence-corrected chi connectivity index (χ3v) is 6.95. The first-order valence-electron chi connectivity index (χ1n) is 11.7. The van der Waals surface area contributed by atoms with Gasteiger partial charge in [-0.1, -0.05) is 13.8 Å². The van der Waals surface area contributed by atoms with E-state index in [9.17, 15) is 18.3 Å². The Bertz CT molecular complexity index is 1420. The normalized spacial score (nSPS) is 15.5. The number of benzene rings is 1. The lowest BCUT2D eigenvalue weighted by Crippen LogP contribution is -2.51. The van der Waals surface area contributed by atoms with Gasteiger partial charge in [-0.05, 0) is 54.2 Å². The summed E-state index contributed by atoms with van der Waals surface area (Å²) >= 11 is 0. The molecule has 4 aromatic rings. The summed E-state index contributed by atoms with van der Waals surface area (Å²) in [6.07, 6.45) is 0.998. The van der Waals surface area contributed by atoms with Crippen molar-refractivity contribution in [1.29, 1.82) is 0 Å². The molecule has 0 saturated carbocycles. The number of aryl methyl sites for hydroxylation is 1. The fourth-order valence-corrected chi connectivity index (χ4v) is 5.18. The number of pyridine rings is 1. The van der Waals surface area contributed by atoms with Gasteiger partial charge in [0.15, 0.2) is 5.60 Å². The van der Waals surface area contributed by atoms with Crippen LogP contribution in [0.5, 0.6) is 5.75 Å². The van der Waals surface area contributed by atoms with Gasteiger partial charge in [-0.15, -0.1) is 0 Å². The summed E-state index contributed by atoms with van der Waals surface area (Å²) in [5.74, 6) is 0.595. The number of rotatable bonds is 6. The number of hydrogen-bond donors (Lipinski definition) is 2. The van der Waals surface area contributed by atoms with Gasteiger partial charge in [-0.2, -0.15) is 13.2 Å². The lowest BCUT2D eigenvalue weighted by Gasteiger charge is -2.38. The number of halogens is 3. The van der Waals surface area contributed by atoms with Crippen molar-refractivity contribution in [2.24, 2.45) is 0 Å². The van der Waals surface area contributed by atoms with Gasteiger partial charge in [0.2, 0.25) is 0 Å². The van der Waals surface area contributed by atoms with Crippen LogP contribution in [-0.4, -0.2) is 43.4 Å². The summed E-state index contributed by atoms with van der Waals surface area (Å²) in [6, 6.07) is 7.15. The number of alkyl halides is 3. The maximum atomic E-state index is 14.5. The van der Waals surface area contributed by atoms with Crippen LogP contribution < -0.4 is 4.74 Å². The van der Waals surface area contributed by atoms with Crippen LogP contribution in [0, 0.1) is 6.92 Å². The molecule has 1 aromatic carbocycles. The van der Waals surface area contributed by atoms with E-state index in [1.165, 1.54) is 6.33 Å². The third kappa shape index (κ3) is 4.32. The Morgan fingerprint density at radius 1 is 1.08 bits per heavy atom. The van der Waals surface area contributed by atoms with E-state index in [2.05, 4.69) is 19.9 Å². The zero-order valence-corrected chi connectivity index (χ0v) is 20.3. The largest absolute Gasteiger partial charge is 0.493 e. The summed E-state index contributed by atoms with van der Waals surface area (Å²) in [5, 5.41) is 11.9. The molecule has 5 rings (SSSR count). The van der Waals surface area contributed by atoms with Gasteiger partial charge < -0.3 is 14.8 Å². The average molecular weight is 497 g/mol. The van der Waals surface area contributed by atoms with Crippen molar-refractivity contribution in [3.8, 4) is 16.9 Å². The molecule has 9 heteroatoms.